The van der Waals surface area contributed by atoms with Crippen LogP contribution in [0.4, 0.5) is 0 Å². The molecule has 3 rings (SSSR count). The van der Waals surface area contributed by atoms with Crippen LogP contribution < -0.4 is 0 Å². The van der Waals surface area contributed by atoms with E-state index < -0.39 is 0 Å². The number of nitrogens with zero attached hydrogens (tertiary/aromatic N) is 2. The van der Waals surface area contributed by atoms with E-state index in [0.717, 1.165) is 10.9 Å². The summed E-state index contributed by atoms with van der Waals surface area (Å²) in [5.41, 5.74) is 1.59. The lowest BCUT2D eigenvalue weighted by Gasteiger charge is -1.97. The molecule has 16 heavy (non-hydrogen) atoms. The third kappa shape index (κ3) is 1.24. The standard InChI is InChI=1S/C12H9N3O/c16-12(15-7-3-6-14-15)10-8-13-11-5-2-1-4-9(10)11/h1-8,13H. The maximum absolute atomic E-state index is 12.1. The van der Waals surface area contributed by atoms with E-state index in [0.29, 0.717) is 5.56 Å². The van der Waals surface area contributed by atoms with Gasteiger partial charge < -0.3 is 4.98 Å². The summed E-state index contributed by atoms with van der Waals surface area (Å²) in [6.45, 7) is 0. The van der Waals surface area contributed by atoms with Gasteiger partial charge in [-0.05, 0) is 12.1 Å². The van der Waals surface area contributed by atoms with Crippen molar-refractivity contribution in [3.63, 3.8) is 0 Å². The van der Waals surface area contributed by atoms with Gasteiger partial charge in [-0.15, -0.1) is 0 Å². The summed E-state index contributed by atoms with van der Waals surface area (Å²) in [6, 6.07) is 9.43. The Labute approximate surface area is 91.5 Å². The number of hydrogen-bond acceptors (Lipinski definition) is 2. The van der Waals surface area contributed by atoms with Crippen LogP contribution in [0.25, 0.3) is 10.9 Å². The predicted octanol–water partition coefficient (Wildman–Crippen LogP) is 2.05. The first-order valence-electron chi connectivity index (χ1n) is 4.97. The Bertz CT molecular complexity index is 637. The van der Waals surface area contributed by atoms with Crippen LogP contribution >= 0.6 is 0 Å². The van der Waals surface area contributed by atoms with Crippen molar-refractivity contribution >= 4 is 16.8 Å². The highest BCUT2D eigenvalue weighted by atomic mass is 16.2. The summed E-state index contributed by atoms with van der Waals surface area (Å²) in [4.78, 5) is 15.1. The molecule has 1 aromatic carbocycles. The van der Waals surface area contributed by atoms with E-state index in [4.69, 9.17) is 0 Å². The van der Waals surface area contributed by atoms with Crippen LogP contribution in [-0.2, 0) is 0 Å². The fourth-order valence-electron chi connectivity index (χ4n) is 1.76. The van der Waals surface area contributed by atoms with Crippen LogP contribution in [0.3, 0.4) is 0 Å². The second-order valence-electron chi connectivity index (χ2n) is 3.50. The third-order valence-electron chi connectivity index (χ3n) is 2.53. The number of benzene rings is 1. The second-order valence-corrected chi connectivity index (χ2v) is 3.50. The van der Waals surface area contributed by atoms with Crippen molar-refractivity contribution in [3.05, 3.63) is 54.5 Å². The summed E-state index contributed by atoms with van der Waals surface area (Å²) < 4.78 is 1.33. The number of aromatic amines is 1. The average molecular weight is 211 g/mol. The lowest BCUT2D eigenvalue weighted by molar-refractivity contribution is 0.0947. The van der Waals surface area contributed by atoms with Gasteiger partial charge in [-0.3, -0.25) is 4.79 Å². The Morgan fingerprint density at radius 3 is 2.94 bits per heavy atom. The minimum Gasteiger partial charge on any atom is -0.360 e. The third-order valence-corrected chi connectivity index (χ3v) is 2.53. The van der Waals surface area contributed by atoms with Gasteiger partial charge in [0.1, 0.15) is 0 Å². The topological polar surface area (TPSA) is 50.7 Å². The molecule has 4 heteroatoms. The molecule has 0 radical (unpaired) electrons. The summed E-state index contributed by atoms with van der Waals surface area (Å²) in [5, 5.41) is 4.85. The number of hydrogen-bond donors (Lipinski definition) is 1. The van der Waals surface area contributed by atoms with Crippen LogP contribution in [0.15, 0.2) is 48.9 Å². The summed E-state index contributed by atoms with van der Waals surface area (Å²) >= 11 is 0. The maximum atomic E-state index is 12.1. The van der Waals surface area contributed by atoms with E-state index >= 15 is 0 Å². The molecule has 0 bridgehead atoms. The number of carbonyl (C=O) groups is 1. The molecule has 3 aromatic rings. The van der Waals surface area contributed by atoms with Crippen LogP contribution in [0.5, 0.6) is 0 Å². The largest absolute Gasteiger partial charge is 0.360 e. The van der Waals surface area contributed by atoms with E-state index in [1.54, 1.807) is 24.7 Å². The van der Waals surface area contributed by atoms with Gasteiger partial charge >= 0.3 is 0 Å². The highest BCUT2D eigenvalue weighted by Crippen LogP contribution is 2.18. The molecule has 0 saturated heterocycles. The zero-order valence-electron chi connectivity index (χ0n) is 8.42. The Morgan fingerprint density at radius 2 is 2.12 bits per heavy atom. The van der Waals surface area contributed by atoms with E-state index in [1.807, 2.05) is 24.3 Å². The molecule has 1 N–H and O–H groups in total. The Balaban J connectivity index is 2.16. The SMILES string of the molecule is O=C(c1c[nH]c2ccccc12)n1cccn1. The van der Waals surface area contributed by atoms with E-state index in [9.17, 15) is 4.79 Å². The summed E-state index contributed by atoms with van der Waals surface area (Å²) in [5.74, 6) is -0.123. The minimum absolute atomic E-state index is 0.123. The summed E-state index contributed by atoms with van der Waals surface area (Å²) in [7, 11) is 0. The highest BCUT2D eigenvalue weighted by molar-refractivity contribution is 6.07. The van der Waals surface area contributed by atoms with Gasteiger partial charge in [0.15, 0.2) is 0 Å². The fourth-order valence-corrected chi connectivity index (χ4v) is 1.76. The maximum Gasteiger partial charge on any atom is 0.280 e. The quantitative estimate of drug-likeness (QED) is 0.669. The molecule has 0 unspecified atom stereocenters. The molecular weight excluding hydrogens is 202 g/mol. The first kappa shape index (κ1) is 8.91. The van der Waals surface area contributed by atoms with E-state index in [1.165, 1.54) is 4.68 Å². The second kappa shape index (κ2) is 3.34. The van der Waals surface area contributed by atoms with Gasteiger partial charge in [0, 0.05) is 29.5 Å². The average Bonchev–Trinajstić information content (AvgIpc) is 2.98. The smallest absolute Gasteiger partial charge is 0.280 e. The molecular formula is C12H9N3O. The molecule has 0 aliphatic carbocycles. The zero-order valence-corrected chi connectivity index (χ0v) is 8.42. The molecule has 4 nitrogen and oxygen atoms in total. The van der Waals surface area contributed by atoms with Crippen molar-refractivity contribution < 1.29 is 4.79 Å². The minimum atomic E-state index is -0.123. The number of fused-ring (bicyclic) bond motifs is 1. The van der Waals surface area contributed by atoms with Crippen molar-refractivity contribution in [1.29, 1.82) is 0 Å². The molecule has 0 amide bonds. The Morgan fingerprint density at radius 1 is 1.25 bits per heavy atom. The van der Waals surface area contributed by atoms with Crippen LogP contribution in [0.2, 0.25) is 0 Å². The number of nitrogens with one attached hydrogen (secondary N) is 1. The number of carbonyl (C=O) groups excluding carboxylic acids is 1. The lowest BCUT2D eigenvalue weighted by atomic mass is 10.2. The molecule has 2 aromatic heterocycles. The van der Waals surface area contributed by atoms with Crippen molar-refractivity contribution in [1.82, 2.24) is 14.8 Å². The monoisotopic (exact) mass is 211 g/mol. The predicted molar refractivity (Wildman–Crippen MR) is 60.3 cm³/mol. The lowest BCUT2D eigenvalue weighted by Crippen LogP contribution is -2.11. The molecule has 78 valence electrons. The molecule has 2 heterocycles. The molecule has 0 fully saturated rings. The van der Waals surface area contributed by atoms with Crippen LogP contribution in [0.1, 0.15) is 10.4 Å². The van der Waals surface area contributed by atoms with E-state index in [2.05, 4.69) is 10.1 Å². The van der Waals surface area contributed by atoms with Crippen molar-refractivity contribution in [2.24, 2.45) is 0 Å². The number of para-hydroxylation sites is 1. The molecule has 0 aliphatic rings. The van der Waals surface area contributed by atoms with Gasteiger partial charge in [0.05, 0.1) is 5.56 Å². The number of H-pyrrole nitrogens is 1. The molecule has 0 aliphatic heterocycles. The first-order chi connectivity index (χ1) is 7.86. The number of rotatable bonds is 1. The van der Waals surface area contributed by atoms with Gasteiger partial charge in [-0.2, -0.15) is 5.10 Å². The van der Waals surface area contributed by atoms with Gasteiger partial charge in [-0.25, -0.2) is 4.68 Å². The van der Waals surface area contributed by atoms with E-state index in [-0.39, 0.29) is 5.91 Å². The molecule has 0 spiro atoms. The molecule has 0 atom stereocenters. The Hall–Kier alpha value is -2.36. The zero-order chi connectivity index (χ0) is 11.0. The number of aromatic nitrogens is 3. The summed E-state index contributed by atoms with van der Waals surface area (Å²) in [6.07, 6.45) is 4.95. The van der Waals surface area contributed by atoms with Gasteiger partial charge in [-0.1, -0.05) is 18.2 Å². The van der Waals surface area contributed by atoms with Crippen molar-refractivity contribution in [3.8, 4) is 0 Å². The van der Waals surface area contributed by atoms with Crippen LogP contribution in [0, 0.1) is 0 Å². The van der Waals surface area contributed by atoms with Crippen molar-refractivity contribution in [2.45, 2.75) is 0 Å². The first-order valence-corrected chi connectivity index (χ1v) is 4.97. The Kier molecular flexibility index (Phi) is 1.86. The normalized spacial score (nSPS) is 10.8. The fraction of sp³-hybridized carbons (Fsp3) is 0. The van der Waals surface area contributed by atoms with Crippen LogP contribution in [-0.4, -0.2) is 20.7 Å². The highest BCUT2D eigenvalue weighted by Gasteiger charge is 2.13. The van der Waals surface area contributed by atoms with Gasteiger partial charge in [0.25, 0.3) is 5.91 Å². The van der Waals surface area contributed by atoms with Crippen molar-refractivity contribution in [2.75, 3.05) is 0 Å². The van der Waals surface area contributed by atoms with Gasteiger partial charge in [0.2, 0.25) is 0 Å². The molecule has 0 saturated carbocycles.